The summed E-state index contributed by atoms with van der Waals surface area (Å²) in [6.45, 7) is 0. The molecule has 0 saturated heterocycles. The Morgan fingerprint density at radius 2 is 0.879 bits per heavy atom. The van der Waals surface area contributed by atoms with Crippen molar-refractivity contribution in [1.29, 1.82) is 0 Å². The molecule has 314 valence electrons. The van der Waals surface area contributed by atoms with Gasteiger partial charge in [-0.1, -0.05) is 182 Å². The van der Waals surface area contributed by atoms with Crippen molar-refractivity contribution < 1.29 is 0 Å². The summed E-state index contributed by atoms with van der Waals surface area (Å²) in [5.74, 6) is 4.01. The van der Waals surface area contributed by atoms with Crippen LogP contribution >= 0.6 is 0 Å². The molecule has 0 aliphatic heterocycles. The zero-order chi connectivity index (χ0) is 43.3. The lowest BCUT2D eigenvalue weighted by molar-refractivity contribution is -0.0398. The topological polar surface area (TPSA) is 25.8 Å². The van der Waals surface area contributed by atoms with Crippen LogP contribution < -0.4 is 0 Å². The Hall–Kier alpha value is -7.42. The molecule has 4 bridgehead atoms. The number of nitrogens with zero attached hydrogens (tertiary/aromatic N) is 2. The second-order valence-corrected chi connectivity index (χ2v) is 19.7. The highest BCUT2D eigenvalue weighted by molar-refractivity contribution is 6.01. The highest BCUT2D eigenvalue weighted by Gasteiger charge is 2.61. The Morgan fingerprint density at radius 3 is 1.62 bits per heavy atom. The van der Waals surface area contributed by atoms with Crippen LogP contribution in [0.3, 0.4) is 0 Å². The molecule has 66 heavy (non-hydrogen) atoms. The van der Waals surface area contributed by atoms with E-state index in [9.17, 15) is 0 Å². The summed E-state index contributed by atoms with van der Waals surface area (Å²) in [5.41, 5.74) is 18.6. The van der Waals surface area contributed by atoms with E-state index >= 15 is 0 Å². The molecule has 1 heterocycles. The van der Waals surface area contributed by atoms with Gasteiger partial charge in [-0.2, -0.15) is 0 Å². The maximum absolute atomic E-state index is 5.26. The number of hydrogen-bond acceptors (Lipinski definition) is 2. The van der Waals surface area contributed by atoms with Crippen molar-refractivity contribution in [2.45, 2.75) is 37.5 Å². The van der Waals surface area contributed by atoms with Crippen molar-refractivity contribution in [2.75, 3.05) is 0 Å². The fraction of sp³-hybridized carbons (Fsp3) is 0.156. The minimum atomic E-state index is 0.121. The normalized spacial score (nSPS) is 21.1. The third-order valence-corrected chi connectivity index (χ3v) is 16.3. The van der Waals surface area contributed by atoms with E-state index in [1.165, 1.54) is 87.0 Å². The van der Waals surface area contributed by atoms with Crippen molar-refractivity contribution in [1.82, 2.24) is 9.97 Å². The van der Waals surface area contributed by atoms with Crippen LogP contribution in [-0.4, -0.2) is 9.97 Å². The number of hydrogen-bond donors (Lipinski definition) is 0. The molecule has 0 N–H and O–H groups in total. The standard InChI is InChI=1S/C64H48N2/c1-3-13-42(14-4-1)52-20-9-10-21-55(52)61-39-60(65-63(66-61)46-15-5-2-6-16-46)49-30-29-43-19-11-22-53(56(43)37-49)44-25-27-45(28-26-44)54-23-12-24-58-62(54)57-36-47-17-7-8-18-48(47)38-59(57)64(58)50-32-40-31-41(34-50)35-51(64)33-40/h1-30,36-41,50-51H,31-35H2. The van der Waals surface area contributed by atoms with E-state index in [1.54, 1.807) is 11.1 Å². The molecule has 0 unspecified atom stereocenters. The molecule has 5 aliphatic carbocycles. The molecular formula is C64H48N2. The zero-order valence-corrected chi connectivity index (χ0v) is 36.9. The molecule has 2 nitrogen and oxygen atoms in total. The summed E-state index contributed by atoms with van der Waals surface area (Å²) in [4.78, 5) is 10.5. The van der Waals surface area contributed by atoms with Gasteiger partial charge >= 0.3 is 0 Å². The monoisotopic (exact) mass is 844 g/mol. The lowest BCUT2D eigenvalue weighted by Crippen LogP contribution is -2.55. The van der Waals surface area contributed by atoms with Gasteiger partial charge in [0.2, 0.25) is 0 Å². The first kappa shape index (κ1) is 37.9. The van der Waals surface area contributed by atoms with Gasteiger partial charge < -0.3 is 0 Å². The molecule has 5 aliphatic rings. The van der Waals surface area contributed by atoms with E-state index < -0.39 is 0 Å². The first-order valence-corrected chi connectivity index (χ1v) is 24.1. The van der Waals surface area contributed by atoms with Crippen molar-refractivity contribution in [2.24, 2.45) is 23.7 Å². The molecule has 1 aromatic heterocycles. The van der Waals surface area contributed by atoms with Crippen molar-refractivity contribution in [3.05, 3.63) is 217 Å². The van der Waals surface area contributed by atoms with Crippen LogP contribution in [0.15, 0.2) is 206 Å². The lowest BCUT2D eigenvalue weighted by Gasteiger charge is -2.61. The SMILES string of the molecule is c1ccc(-c2nc(-c3ccc4cccc(-c5ccc(-c6cccc7c6-c6cc8ccccc8cc6C76C7CC8CC(C7)CC6C8)cc5)c4c3)cc(-c3ccccc3-c3ccccc3)n2)cc1. The van der Waals surface area contributed by atoms with Gasteiger partial charge in [0.1, 0.15) is 0 Å². The van der Waals surface area contributed by atoms with E-state index in [0.29, 0.717) is 5.82 Å². The zero-order valence-electron chi connectivity index (χ0n) is 36.9. The quantitative estimate of drug-likeness (QED) is 0.167. The van der Waals surface area contributed by atoms with Gasteiger partial charge in [0, 0.05) is 22.1 Å². The molecule has 10 aromatic rings. The van der Waals surface area contributed by atoms with Crippen LogP contribution in [0, 0.1) is 23.7 Å². The summed E-state index contributed by atoms with van der Waals surface area (Å²) in [6, 6.07) is 76.1. The van der Waals surface area contributed by atoms with Crippen LogP contribution in [0.2, 0.25) is 0 Å². The van der Waals surface area contributed by atoms with Gasteiger partial charge in [-0.25, -0.2) is 9.97 Å². The van der Waals surface area contributed by atoms with Crippen molar-refractivity contribution in [3.8, 4) is 78.4 Å². The van der Waals surface area contributed by atoms with Gasteiger partial charge in [0.15, 0.2) is 5.82 Å². The molecule has 9 aromatic carbocycles. The molecule has 1 spiro atoms. The number of fused-ring (bicyclic) bond motifs is 5. The summed E-state index contributed by atoms with van der Waals surface area (Å²) < 4.78 is 0. The van der Waals surface area contributed by atoms with Crippen LogP contribution in [-0.2, 0) is 5.41 Å². The average Bonchev–Trinajstić information content (AvgIpc) is 3.66. The molecular weight excluding hydrogens is 797 g/mol. The summed E-state index contributed by atoms with van der Waals surface area (Å²) in [6.07, 6.45) is 7.02. The van der Waals surface area contributed by atoms with Gasteiger partial charge in [-0.3, -0.25) is 0 Å². The van der Waals surface area contributed by atoms with Crippen molar-refractivity contribution >= 4 is 21.5 Å². The third-order valence-electron chi connectivity index (χ3n) is 16.3. The fourth-order valence-corrected chi connectivity index (χ4v) is 13.7. The lowest BCUT2D eigenvalue weighted by atomic mass is 9.43. The van der Waals surface area contributed by atoms with Crippen LogP contribution in [0.4, 0.5) is 0 Å². The molecule has 0 amide bonds. The predicted molar refractivity (Wildman–Crippen MR) is 273 cm³/mol. The largest absolute Gasteiger partial charge is 0.228 e. The van der Waals surface area contributed by atoms with Crippen LogP contribution in [0.1, 0.15) is 43.2 Å². The fourth-order valence-electron chi connectivity index (χ4n) is 13.7. The Kier molecular flexibility index (Phi) is 8.50. The highest BCUT2D eigenvalue weighted by atomic mass is 14.9. The Morgan fingerprint density at radius 1 is 0.333 bits per heavy atom. The minimum absolute atomic E-state index is 0.121. The second kappa shape index (κ2) is 14.8. The first-order valence-electron chi connectivity index (χ1n) is 24.1. The molecule has 4 fully saturated rings. The van der Waals surface area contributed by atoms with Gasteiger partial charge in [0.25, 0.3) is 0 Å². The van der Waals surface area contributed by atoms with E-state index in [1.807, 2.05) is 6.07 Å². The maximum atomic E-state index is 5.26. The summed E-state index contributed by atoms with van der Waals surface area (Å²) in [7, 11) is 0. The number of benzene rings is 9. The van der Waals surface area contributed by atoms with Crippen molar-refractivity contribution in [3.63, 3.8) is 0 Å². The molecule has 15 rings (SSSR count). The van der Waals surface area contributed by atoms with Gasteiger partial charge in [0.05, 0.1) is 11.4 Å². The average molecular weight is 845 g/mol. The number of aromatic nitrogens is 2. The van der Waals surface area contributed by atoms with E-state index in [2.05, 4.69) is 200 Å². The Balaban J connectivity index is 0.878. The molecule has 2 heteroatoms. The molecule has 0 radical (unpaired) electrons. The number of rotatable bonds is 6. The van der Waals surface area contributed by atoms with Gasteiger partial charge in [-0.05, 0) is 157 Å². The third kappa shape index (κ3) is 5.80. The Labute approximate surface area is 386 Å². The maximum Gasteiger partial charge on any atom is 0.160 e. The van der Waals surface area contributed by atoms with Crippen LogP contribution in [0.5, 0.6) is 0 Å². The Bertz CT molecular complexity index is 3500. The first-order chi connectivity index (χ1) is 32.7. The second-order valence-electron chi connectivity index (χ2n) is 19.7. The summed E-state index contributed by atoms with van der Waals surface area (Å²) in [5, 5.41) is 5.14. The highest BCUT2D eigenvalue weighted by Crippen LogP contribution is 2.70. The molecule has 0 atom stereocenters. The predicted octanol–water partition coefficient (Wildman–Crippen LogP) is 16.5. The molecule has 4 saturated carbocycles. The smallest absolute Gasteiger partial charge is 0.160 e. The van der Waals surface area contributed by atoms with E-state index in [4.69, 9.17) is 9.97 Å². The minimum Gasteiger partial charge on any atom is -0.228 e. The summed E-state index contributed by atoms with van der Waals surface area (Å²) >= 11 is 0. The van der Waals surface area contributed by atoms with Gasteiger partial charge in [-0.15, -0.1) is 0 Å². The van der Waals surface area contributed by atoms with E-state index in [0.717, 1.165) is 62.9 Å². The van der Waals surface area contributed by atoms with Crippen LogP contribution in [0.25, 0.3) is 100.0 Å². The van der Waals surface area contributed by atoms with E-state index in [-0.39, 0.29) is 5.41 Å².